The van der Waals surface area contributed by atoms with Crippen molar-refractivity contribution in [2.45, 2.75) is 31.5 Å². The van der Waals surface area contributed by atoms with Crippen LogP contribution in [0.3, 0.4) is 0 Å². The molecule has 0 radical (unpaired) electrons. The molecule has 8 nitrogen and oxygen atoms in total. The maximum atomic E-state index is 12.5. The number of carbonyl (C=O) groups is 1. The number of aryl methyl sites for hydroxylation is 1. The predicted molar refractivity (Wildman–Crippen MR) is 75.6 cm³/mol. The Morgan fingerprint density at radius 3 is 3.27 bits per heavy atom. The van der Waals surface area contributed by atoms with Crippen LogP contribution in [-0.2, 0) is 17.7 Å². The summed E-state index contributed by atoms with van der Waals surface area (Å²) in [6, 6.07) is -0.185. The molecule has 0 unspecified atom stereocenters. The van der Waals surface area contributed by atoms with Crippen LogP contribution in [0.4, 0.5) is 0 Å². The number of H-pyrrole nitrogens is 1. The second kappa shape index (κ2) is 5.45. The SMILES string of the molecule is O=C(N[C@H]1COC[C@H]1Oc1cn[nH]c1)c1cnc2n1CCC2. The Labute approximate surface area is 126 Å². The van der Waals surface area contributed by atoms with Crippen molar-refractivity contribution >= 4 is 5.91 Å². The van der Waals surface area contributed by atoms with Crippen molar-refractivity contribution in [3.05, 3.63) is 30.1 Å². The quantitative estimate of drug-likeness (QED) is 0.837. The van der Waals surface area contributed by atoms with Crippen LogP contribution in [0, 0.1) is 0 Å². The van der Waals surface area contributed by atoms with E-state index in [2.05, 4.69) is 20.5 Å². The molecule has 2 aromatic heterocycles. The Kier molecular flexibility index (Phi) is 3.30. The predicted octanol–water partition coefficient (Wildman–Crippen LogP) is 0.129. The number of imidazole rings is 1. The number of ether oxygens (including phenoxy) is 2. The van der Waals surface area contributed by atoms with E-state index in [1.165, 1.54) is 0 Å². The Hall–Kier alpha value is -2.35. The van der Waals surface area contributed by atoms with Crippen LogP contribution in [-0.4, -0.2) is 51.0 Å². The third kappa shape index (κ3) is 2.35. The average molecular weight is 303 g/mol. The van der Waals surface area contributed by atoms with E-state index in [0.717, 1.165) is 25.2 Å². The van der Waals surface area contributed by atoms with Gasteiger partial charge in [-0.2, -0.15) is 5.10 Å². The van der Waals surface area contributed by atoms with Crippen LogP contribution in [0.2, 0.25) is 0 Å². The van der Waals surface area contributed by atoms with E-state index < -0.39 is 0 Å². The molecule has 0 saturated carbocycles. The van der Waals surface area contributed by atoms with Crippen molar-refractivity contribution in [3.63, 3.8) is 0 Å². The lowest BCUT2D eigenvalue weighted by Crippen LogP contribution is -2.45. The molecule has 116 valence electrons. The minimum Gasteiger partial charge on any atom is -0.482 e. The summed E-state index contributed by atoms with van der Waals surface area (Å²) >= 11 is 0. The molecule has 4 heterocycles. The zero-order valence-corrected chi connectivity index (χ0v) is 12.0. The van der Waals surface area contributed by atoms with Crippen LogP contribution in [0.15, 0.2) is 18.6 Å². The van der Waals surface area contributed by atoms with Gasteiger partial charge in [-0.25, -0.2) is 4.98 Å². The van der Waals surface area contributed by atoms with Crippen LogP contribution in [0.5, 0.6) is 5.75 Å². The van der Waals surface area contributed by atoms with E-state index in [9.17, 15) is 4.79 Å². The fourth-order valence-corrected chi connectivity index (χ4v) is 2.95. The summed E-state index contributed by atoms with van der Waals surface area (Å²) in [4.78, 5) is 16.8. The molecule has 0 spiro atoms. The van der Waals surface area contributed by atoms with E-state index in [1.807, 2.05) is 4.57 Å². The molecule has 4 rings (SSSR count). The smallest absolute Gasteiger partial charge is 0.269 e. The van der Waals surface area contributed by atoms with Gasteiger partial charge in [0.05, 0.1) is 37.8 Å². The maximum Gasteiger partial charge on any atom is 0.269 e. The van der Waals surface area contributed by atoms with Crippen LogP contribution in [0.1, 0.15) is 22.7 Å². The number of hydrogen-bond donors (Lipinski definition) is 2. The van der Waals surface area contributed by atoms with E-state index in [1.54, 1.807) is 18.6 Å². The summed E-state index contributed by atoms with van der Waals surface area (Å²) in [6.07, 6.45) is 6.67. The highest BCUT2D eigenvalue weighted by molar-refractivity contribution is 5.92. The van der Waals surface area contributed by atoms with Crippen molar-refractivity contribution in [2.75, 3.05) is 13.2 Å². The largest absolute Gasteiger partial charge is 0.482 e. The number of aromatic nitrogens is 4. The standard InChI is InChI=1S/C14H17N5O3/c20-14(11-6-15-13-2-1-3-19(11)13)18-10-7-21-8-12(10)22-9-4-16-17-5-9/h4-6,10,12H,1-3,7-8H2,(H,16,17)(H,18,20)/t10-,12+/m0/s1. The number of fused-ring (bicyclic) bond motifs is 1. The molecule has 0 aromatic carbocycles. The summed E-state index contributed by atoms with van der Waals surface area (Å²) < 4.78 is 13.2. The van der Waals surface area contributed by atoms with Crippen molar-refractivity contribution < 1.29 is 14.3 Å². The molecule has 2 N–H and O–H groups in total. The van der Waals surface area contributed by atoms with Crippen molar-refractivity contribution in [1.82, 2.24) is 25.1 Å². The lowest BCUT2D eigenvalue weighted by Gasteiger charge is -2.19. The number of aromatic amines is 1. The zero-order valence-electron chi connectivity index (χ0n) is 12.0. The number of amides is 1. The minimum atomic E-state index is -0.220. The second-order valence-electron chi connectivity index (χ2n) is 5.52. The Morgan fingerprint density at radius 2 is 2.41 bits per heavy atom. The normalized spacial score (nSPS) is 23.5. The Bertz CT molecular complexity index is 666. The number of nitrogens with zero attached hydrogens (tertiary/aromatic N) is 3. The molecule has 0 aliphatic carbocycles. The van der Waals surface area contributed by atoms with Gasteiger partial charge in [0.15, 0.2) is 5.75 Å². The fraction of sp³-hybridized carbons (Fsp3) is 0.500. The monoisotopic (exact) mass is 303 g/mol. The molecule has 8 heteroatoms. The fourth-order valence-electron chi connectivity index (χ4n) is 2.95. The number of hydrogen-bond acceptors (Lipinski definition) is 5. The highest BCUT2D eigenvalue weighted by Gasteiger charge is 2.33. The van der Waals surface area contributed by atoms with E-state index in [-0.39, 0.29) is 18.1 Å². The summed E-state index contributed by atoms with van der Waals surface area (Å²) in [7, 11) is 0. The molecular weight excluding hydrogens is 286 g/mol. The Balaban J connectivity index is 1.44. The molecule has 1 saturated heterocycles. The van der Waals surface area contributed by atoms with Gasteiger partial charge in [0, 0.05) is 13.0 Å². The number of nitrogens with one attached hydrogen (secondary N) is 2. The lowest BCUT2D eigenvalue weighted by atomic mass is 10.2. The van der Waals surface area contributed by atoms with Gasteiger partial charge in [0.1, 0.15) is 17.6 Å². The maximum absolute atomic E-state index is 12.5. The van der Waals surface area contributed by atoms with Crippen molar-refractivity contribution in [3.8, 4) is 5.75 Å². The van der Waals surface area contributed by atoms with Crippen LogP contribution in [0.25, 0.3) is 0 Å². The Morgan fingerprint density at radius 1 is 1.45 bits per heavy atom. The molecular formula is C14H17N5O3. The van der Waals surface area contributed by atoms with Gasteiger partial charge in [0.25, 0.3) is 5.91 Å². The molecule has 0 bridgehead atoms. The number of rotatable bonds is 4. The van der Waals surface area contributed by atoms with Gasteiger partial charge in [-0.15, -0.1) is 0 Å². The van der Waals surface area contributed by atoms with Gasteiger partial charge < -0.3 is 19.4 Å². The zero-order chi connectivity index (χ0) is 14.9. The van der Waals surface area contributed by atoms with Crippen LogP contribution >= 0.6 is 0 Å². The first-order valence-electron chi connectivity index (χ1n) is 7.40. The van der Waals surface area contributed by atoms with Gasteiger partial charge in [-0.3, -0.25) is 9.89 Å². The van der Waals surface area contributed by atoms with Gasteiger partial charge in [-0.1, -0.05) is 0 Å². The average Bonchev–Trinajstić information content (AvgIpc) is 3.23. The highest BCUT2D eigenvalue weighted by Crippen LogP contribution is 2.18. The van der Waals surface area contributed by atoms with Gasteiger partial charge in [-0.05, 0) is 6.42 Å². The summed E-state index contributed by atoms with van der Waals surface area (Å²) in [6.45, 7) is 1.74. The van der Waals surface area contributed by atoms with Crippen molar-refractivity contribution in [2.24, 2.45) is 0 Å². The van der Waals surface area contributed by atoms with Crippen LogP contribution < -0.4 is 10.1 Å². The molecule has 22 heavy (non-hydrogen) atoms. The third-order valence-electron chi connectivity index (χ3n) is 4.06. The highest BCUT2D eigenvalue weighted by atomic mass is 16.5. The topological polar surface area (TPSA) is 94.1 Å². The van der Waals surface area contributed by atoms with Crippen molar-refractivity contribution in [1.29, 1.82) is 0 Å². The van der Waals surface area contributed by atoms with Gasteiger partial charge in [0.2, 0.25) is 0 Å². The van der Waals surface area contributed by atoms with E-state index in [0.29, 0.717) is 24.7 Å². The second-order valence-corrected chi connectivity index (χ2v) is 5.52. The summed E-state index contributed by atoms with van der Waals surface area (Å²) in [5.74, 6) is 1.50. The number of carbonyl (C=O) groups excluding carboxylic acids is 1. The molecule has 2 aliphatic rings. The molecule has 2 aliphatic heterocycles. The molecule has 1 amide bonds. The molecule has 2 atom stereocenters. The molecule has 2 aromatic rings. The summed E-state index contributed by atoms with van der Waals surface area (Å²) in [5.41, 5.74) is 0.612. The van der Waals surface area contributed by atoms with Gasteiger partial charge >= 0.3 is 0 Å². The minimum absolute atomic E-state index is 0.128. The molecule has 1 fully saturated rings. The first kappa shape index (κ1) is 13.3. The lowest BCUT2D eigenvalue weighted by molar-refractivity contribution is 0.0895. The van der Waals surface area contributed by atoms with E-state index in [4.69, 9.17) is 9.47 Å². The summed E-state index contributed by atoms with van der Waals surface area (Å²) in [5, 5.41) is 9.53. The van der Waals surface area contributed by atoms with E-state index >= 15 is 0 Å². The first-order valence-corrected chi connectivity index (χ1v) is 7.40. The third-order valence-corrected chi connectivity index (χ3v) is 4.06. The first-order chi connectivity index (χ1) is 10.8.